The molecular formula is C22H40O3. The third-order valence-corrected chi connectivity index (χ3v) is 4.43. The number of carboxylic acids is 1. The zero-order valence-electron chi connectivity index (χ0n) is 16.3. The van der Waals surface area contributed by atoms with Crippen molar-refractivity contribution in [2.24, 2.45) is 0 Å². The molecular weight excluding hydrogens is 312 g/mol. The maximum atomic E-state index is 10.4. The van der Waals surface area contributed by atoms with Crippen LogP contribution in [-0.4, -0.2) is 22.3 Å². The second kappa shape index (κ2) is 19.2. The van der Waals surface area contributed by atoms with Crippen LogP contribution in [0.3, 0.4) is 0 Å². The monoisotopic (exact) mass is 352 g/mol. The first kappa shape index (κ1) is 23.9. The van der Waals surface area contributed by atoms with Crippen LogP contribution in [0.5, 0.6) is 0 Å². The summed E-state index contributed by atoms with van der Waals surface area (Å²) in [5.41, 5.74) is 0. The maximum absolute atomic E-state index is 10.4. The van der Waals surface area contributed by atoms with Gasteiger partial charge in [-0.05, 0) is 32.1 Å². The number of allylic oxidation sites excluding steroid dienone is 3. The molecule has 0 aliphatic heterocycles. The summed E-state index contributed by atoms with van der Waals surface area (Å²) in [4.78, 5) is 10.4. The van der Waals surface area contributed by atoms with Crippen molar-refractivity contribution in [3.63, 3.8) is 0 Å². The summed E-state index contributed by atoms with van der Waals surface area (Å²) in [6, 6.07) is 0. The van der Waals surface area contributed by atoms with Crippen LogP contribution >= 0.6 is 0 Å². The largest absolute Gasteiger partial charge is 0.481 e. The summed E-state index contributed by atoms with van der Waals surface area (Å²) in [7, 11) is 0. The number of rotatable bonds is 18. The molecule has 0 aliphatic rings. The number of aliphatic hydroxyl groups excluding tert-OH is 1. The van der Waals surface area contributed by atoms with Gasteiger partial charge in [-0.1, -0.05) is 89.0 Å². The van der Waals surface area contributed by atoms with Crippen LogP contribution in [0.1, 0.15) is 103 Å². The number of carboxylic acid groups (broad SMARTS) is 1. The minimum absolute atomic E-state index is 0.183. The predicted octanol–water partition coefficient (Wildman–Crippen LogP) is 6.42. The topological polar surface area (TPSA) is 57.5 Å². The third kappa shape index (κ3) is 20.9. The first-order chi connectivity index (χ1) is 12.2. The minimum Gasteiger partial charge on any atom is -0.481 e. The Kier molecular flexibility index (Phi) is 18.4. The van der Waals surface area contributed by atoms with Gasteiger partial charge in [0.05, 0.1) is 6.10 Å². The first-order valence-corrected chi connectivity index (χ1v) is 10.4. The van der Waals surface area contributed by atoms with E-state index >= 15 is 0 Å². The lowest BCUT2D eigenvalue weighted by atomic mass is 10.0. The normalized spacial score (nSPS) is 13.0. The van der Waals surface area contributed by atoms with Crippen LogP contribution in [-0.2, 0) is 4.79 Å². The SMILES string of the molecule is CCC=CCC=CCC(O)CCCCCCCCCCCCC(=O)O. The second-order valence-electron chi connectivity index (χ2n) is 6.94. The molecule has 1 unspecified atom stereocenters. The highest BCUT2D eigenvalue weighted by Gasteiger charge is 2.01. The molecule has 0 heterocycles. The highest BCUT2D eigenvalue weighted by Crippen LogP contribution is 2.13. The molecule has 25 heavy (non-hydrogen) atoms. The van der Waals surface area contributed by atoms with Gasteiger partial charge in [-0.25, -0.2) is 0 Å². The van der Waals surface area contributed by atoms with Crippen LogP contribution in [0.25, 0.3) is 0 Å². The second-order valence-corrected chi connectivity index (χ2v) is 6.94. The fourth-order valence-electron chi connectivity index (χ4n) is 2.88. The van der Waals surface area contributed by atoms with Crippen LogP contribution in [0, 0.1) is 0 Å². The lowest BCUT2D eigenvalue weighted by molar-refractivity contribution is -0.137. The number of aliphatic carboxylic acids is 1. The highest BCUT2D eigenvalue weighted by molar-refractivity contribution is 5.66. The van der Waals surface area contributed by atoms with Crippen LogP contribution in [0.4, 0.5) is 0 Å². The molecule has 1 atom stereocenters. The lowest BCUT2D eigenvalue weighted by Gasteiger charge is -2.07. The van der Waals surface area contributed by atoms with E-state index in [4.69, 9.17) is 5.11 Å². The number of carbonyl (C=O) groups is 1. The Morgan fingerprint density at radius 2 is 1.32 bits per heavy atom. The molecule has 0 radical (unpaired) electrons. The molecule has 0 rings (SSSR count). The van der Waals surface area contributed by atoms with Crippen molar-refractivity contribution in [3.8, 4) is 0 Å². The average Bonchev–Trinajstić information content (AvgIpc) is 2.58. The van der Waals surface area contributed by atoms with Gasteiger partial charge in [0.2, 0.25) is 0 Å². The van der Waals surface area contributed by atoms with Crippen LogP contribution in [0.15, 0.2) is 24.3 Å². The summed E-state index contributed by atoms with van der Waals surface area (Å²) in [6.45, 7) is 2.13. The van der Waals surface area contributed by atoms with Gasteiger partial charge in [-0.3, -0.25) is 4.79 Å². The molecule has 0 fully saturated rings. The Hall–Kier alpha value is -1.09. The van der Waals surface area contributed by atoms with Gasteiger partial charge in [0.25, 0.3) is 0 Å². The smallest absolute Gasteiger partial charge is 0.303 e. The first-order valence-electron chi connectivity index (χ1n) is 10.4. The van der Waals surface area contributed by atoms with E-state index in [1.54, 1.807) is 0 Å². The molecule has 0 aromatic heterocycles. The Labute approximate surface area is 155 Å². The van der Waals surface area contributed by atoms with Gasteiger partial charge in [-0.2, -0.15) is 0 Å². The molecule has 146 valence electrons. The van der Waals surface area contributed by atoms with Crippen molar-refractivity contribution in [3.05, 3.63) is 24.3 Å². The number of aliphatic hydroxyl groups is 1. The Balaban J connectivity index is 3.24. The fourth-order valence-corrected chi connectivity index (χ4v) is 2.88. The van der Waals surface area contributed by atoms with Gasteiger partial charge in [-0.15, -0.1) is 0 Å². The molecule has 0 aromatic carbocycles. The maximum Gasteiger partial charge on any atom is 0.303 e. The van der Waals surface area contributed by atoms with Crippen molar-refractivity contribution in [1.82, 2.24) is 0 Å². The summed E-state index contributed by atoms with van der Waals surface area (Å²) in [6.07, 6.45) is 24.2. The van der Waals surface area contributed by atoms with Crippen molar-refractivity contribution < 1.29 is 15.0 Å². The third-order valence-electron chi connectivity index (χ3n) is 4.43. The summed E-state index contributed by atoms with van der Waals surface area (Å²) >= 11 is 0. The summed E-state index contributed by atoms with van der Waals surface area (Å²) < 4.78 is 0. The van der Waals surface area contributed by atoms with Crippen molar-refractivity contribution >= 4 is 5.97 Å². The minimum atomic E-state index is -0.676. The van der Waals surface area contributed by atoms with E-state index in [2.05, 4.69) is 31.2 Å². The van der Waals surface area contributed by atoms with Crippen molar-refractivity contribution in [1.29, 1.82) is 0 Å². The molecule has 2 N–H and O–H groups in total. The van der Waals surface area contributed by atoms with E-state index < -0.39 is 5.97 Å². The van der Waals surface area contributed by atoms with Gasteiger partial charge in [0, 0.05) is 6.42 Å². The van der Waals surface area contributed by atoms with Crippen LogP contribution in [0.2, 0.25) is 0 Å². The quantitative estimate of drug-likeness (QED) is 0.221. The zero-order valence-corrected chi connectivity index (χ0v) is 16.3. The molecule has 3 heteroatoms. The van der Waals surface area contributed by atoms with Gasteiger partial charge >= 0.3 is 5.97 Å². The number of hydrogen-bond acceptors (Lipinski definition) is 2. The van der Waals surface area contributed by atoms with E-state index in [-0.39, 0.29) is 6.10 Å². The molecule has 0 aromatic rings. The fraction of sp³-hybridized carbons (Fsp3) is 0.773. The molecule has 3 nitrogen and oxygen atoms in total. The van der Waals surface area contributed by atoms with Gasteiger partial charge in [0.15, 0.2) is 0 Å². The highest BCUT2D eigenvalue weighted by atomic mass is 16.4. The molecule has 0 bridgehead atoms. The Bertz CT molecular complexity index is 347. The Morgan fingerprint density at radius 3 is 1.88 bits per heavy atom. The molecule has 0 saturated carbocycles. The van der Waals surface area contributed by atoms with Gasteiger partial charge < -0.3 is 10.2 Å². The average molecular weight is 353 g/mol. The molecule has 0 amide bonds. The van der Waals surface area contributed by atoms with Crippen molar-refractivity contribution in [2.75, 3.05) is 0 Å². The van der Waals surface area contributed by atoms with Gasteiger partial charge in [0.1, 0.15) is 0 Å². The predicted molar refractivity (Wildman–Crippen MR) is 107 cm³/mol. The van der Waals surface area contributed by atoms with E-state index in [0.717, 1.165) is 44.9 Å². The molecule has 0 aliphatic carbocycles. The van der Waals surface area contributed by atoms with E-state index in [1.165, 1.54) is 44.9 Å². The standard InChI is InChI=1S/C22H40O3/c1-2-3-4-5-12-15-18-21(23)19-16-13-10-8-6-7-9-11-14-17-20-22(24)25/h3-4,12,15,21,23H,2,5-11,13-14,16-20H2,1H3,(H,24,25). The van der Waals surface area contributed by atoms with Crippen LogP contribution < -0.4 is 0 Å². The summed E-state index contributed by atoms with van der Waals surface area (Å²) in [5, 5.41) is 18.5. The summed E-state index contributed by atoms with van der Waals surface area (Å²) in [5.74, 6) is -0.676. The Morgan fingerprint density at radius 1 is 0.800 bits per heavy atom. The number of hydrogen-bond donors (Lipinski definition) is 2. The zero-order chi connectivity index (χ0) is 18.6. The van der Waals surface area contributed by atoms with E-state index in [0.29, 0.717) is 6.42 Å². The van der Waals surface area contributed by atoms with Crippen molar-refractivity contribution in [2.45, 2.75) is 109 Å². The molecule has 0 saturated heterocycles. The molecule has 0 spiro atoms. The number of unbranched alkanes of at least 4 members (excludes halogenated alkanes) is 9. The van der Waals surface area contributed by atoms with E-state index in [1.807, 2.05) is 0 Å². The van der Waals surface area contributed by atoms with E-state index in [9.17, 15) is 9.90 Å². The lowest BCUT2D eigenvalue weighted by Crippen LogP contribution is -2.04.